The Balaban J connectivity index is 1.78. The number of nitrogens with zero attached hydrogens (tertiary/aromatic N) is 3. The summed E-state index contributed by atoms with van der Waals surface area (Å²) in [5.74, 6) is -1.63. The molecule has 0 atom stereocenters. The van der Waals surface area contributed by atoms with Gasteiger partial charge in [-0.15, -0.1) is 0 Å². The number of carbonyl (C=O) groups excluding carboxylic acids is 1. The predicted octanol–water partition coefficient (Wildman–Crippen LogP) is 9.73. The molecule has 0 aliphatic heterocycles. The van der Waals surface area contributed by atoms with Crippen LogP contribution in [0, 0.1) is 0 Å². The molecule has 1 N–H and O–H groups in total. The van der Waals surface area contributed by atoms with Crippen molar-refractivity contribution in [1.29, 1.82) is 0 Å². The second-order valence-electron chi connectivity index (χ2n) is 15.1. The van der Waals surface area contributed by atoms with Crippen LogP contribution in [0.3, 0.4) is 0 Å². The maximum atomic E-state index is 14.3. The molecule has 1 saturated carbocycles. The van der Waals surface area contributed by atoms with Crippen molar-refractivity contribution in [3.63, 3.8) is 0 Å². The molecule has 7 nitrogen and oxygen atoms in total. The Morgan fingerprint density at radius 1 is 0.941 bits per heavy atom. The highest BCUT2D eigenvalue weighted by Crippen LogP contribution is 2.47. The normalized spacial score (nSPS) is 15.3. The van der Waals surface area contributed by atoms with E-state index in [-0.39, 0.29) is 79.0 Å². The van der Waals surface area contributed by atoms with Gasteiger partial charge in [-0.05, 0) is 74.1 Å². The number of carbonyl (C=O) groups is 1. The predicted molar refractivity (Wildman–Crippen MR) is 184 cm³/mol. The number of aromatic nitrogens is 2. The van der Waals surface area contributed by atoms with Gasteiger partial charge in [-0.3, -0.25) is 4.79 Å². The Labute approximate surface area is 296 Å². The fourth-order valence-corrected chi connectivity index (χ4v) is 7.13. The van der Waals surface area contributed by atoms with Crippen LogP contribution in [-0.4, -0.2) is 53.4 Å². The van der Waals surface area contributed by atoms with Crippen molar-refractivity contribution in [3.05, 3.63) is 82.3 Å². The lowest BCUT2D eigenvalue weighted by Gasteiger charge is -2.37. The van der Waals surface area contributed by atoms with Crippen LogP contribution in [0.4, 0.5) is 26.3 Å². The summed E-state index contributed by atoms with van der Waals surface area (Å²) in [6, 6.07) is 10.3. The molecule has 1 aromatic heterocycles. The first-order valence-electron chi connectivity index (χ1n) is 17.1. The number of rotatable bonds is 12. The monoisotopic (exact) mass is 739 g/mol. The molecule has 0 unspecified atom stereocenters. The van der Waals surface area contributed by atoms with Gasteiger partial charge in [0.25, 0.3) is 11.8 Å². The van der Waals surface area contributed by atoms with Gasteiger partial charge in [0.05, 0.1) is 17.7 Å². The van der Waals surface area contributed by atoms with Crippen molar-refractivity contribution < 1.29 is 45.4 Å². The van der Waals surface area contributed by atoms with Gasteiger partial charge in [-0.25, -0.2) is 4.98 Å². The van der Waals surface area contributed by atoms with Crippen molar-refractivity contribution >= 4 is 14.2 Å². The second-order valence-corrected chi connectivity index (χ2v) is 19.9. The minimum Gasteiger partial charge on any atom is -0.491 e. The van der Waals surface area contributed by atoms with Crippen LogP contribution in [0.5, 0.6) is 11.6 Å². The maximum Gasteiger partial charge on any atom is 0.416 e. The van der Waals surface area contributed by atoms with E-state index in [9.17, 15) is 36.2 Å². The third-order valence-electron chi connectivity index (χ3n) is 10.1. The minimum absolute atomic E-state index is 0.0397. The first-order valence-corrected chi connectivity index (χ1v) is 20.0. The quantitative estimate of drug-likeness (QED) is 0.147. The fourth-order valence-electron chi connectivity index (χ4n) is 6.10. The smallest absolute Gasteiger partial charge is 0.416 e. The van der Waals surface area contributed by atoms with E-state index in [2.05, 4.69) is 43.8 Å². The molecule has 1 aliphatic carbocycles. The Kier molecular flexibility index (Phi) is 11.9. The molecule has 3 aromatic rings. The van der Waals surface area contributed by atoms with Gasteiger partial charge < -0.3 is 19.2 Å². The highest BCUT2D eigenvalue weighted by Gasteiger charge is 2.43. The number of ether oxygens (including phenoxy) is 1. The Morgan fingerprint density at radius 2 is 1.51 bits per heavy atom. The average Bonchev–Trinajstić information content (AvgIpc) is 3.50. The zero-order valence-corrected chi connectivity index (χ0v) is 31.1. The van der Waals surface area contributed by atoms with Crippen LogP contribution >= 0.6 is 0 Å². The van der Waals surface area contributed by atoms with Gasteiger partial charge in [0.2, 0.25) is 5.75 Å². The molecular formula is C37H47F6N3O4Si. The number of benzene rings is 2. The van der Waals surface area contributed by atoms with Crippen LogP contribution in [0.25, 0.3) is 0 Å². The summed E-state index contributed by atoms with van der Waals surface area (Å²) >= 11 is 0. The molecule has 2 aromatic carbocycles. The number of aromatic hydroxyl groups is 1. The summed E-state index contributed by atoms with van der Waals surface area (Å²) in [6.45, 7) is 14.5. The highest BCUT2D eigenvalue weighted by atomic mass is 28.4. The molecule has 0 bridgehead atoms. The maximum absolute atomic E-state index is 14.3. The topological polar surface area (TPSA) is 84.8 Å². The van der Waals surface area contributed by atoms with E-state index in [0.29, 0.717) is 12.8 Å². The highest BCUT2D eigenvalue weighted by molar-refractivity contribution is 6.74. The summed E-state index contributed by atoms with van der Waals surface area (Å²) in [7, 11) is -2.16. The van der Waals surface area contributed by atoms with E-state index in [1.807, 2.05) is 19.9 Å². The largest absolute Gasteiger partial charge is 0.491 e. The van der Waals surface area contributed by atoms with Crippen molar-refractivity contribution in [2.24, 2.45) is 0 Å². The molecule has 1 amide bonds. The molecule has 14 heteroatoms. The number of hydrogen-bond acceptors (Lipinski definition) is 6. The van der Waals surface area contributed by atoms with Crippen molar-refractivity contribution in [2.45, 2.75) is 115 Å². The lowest BCUT2D eigenvalue weighted by atomic mass is 9.74. The van der Waals surface area contributed by atoms with Gasteiger partial charge >= 0.3 is 12.4 Å². The van der Waals surface area contributed by atoms with Gasteiger partial charge in [-0.2, -0.15) is 31.3 Å². The molecule has 0 spiro atoms. The van der Waals surface area contributed by atoms with Gasteiger partial charge in [0.15, 0.2) is 14.0 Å². The van der Waals surface area contributed by atoms with Crippen LogP contribution < -0.4 is 4.74 Å². The summed E-state index contributed by atoms with van der Waals surface area (Å²) in [6.07, 6.45) is -8.64. The Bertz CT molecular complexity index is 1640. The Hall–Kier alpha value is -3.65. The van der Waals surface area contributed by atoms with Crippen molar-refractivity contribution in [3.8, 4) is 11.6 Å². The van der Waals surface area contributed by atoms with E-state index in [1.165, 1.54) is 4.90 Å². The summed E-state index contributed by atoms with van der Waals surface area (Å²) in [5, 5.41) is 11.2. The summed E-state index contributed by atoms with van der Waals surface area (Å²) < 4.78 is 95.5. The number of alkyl halides is 6. The van der Waals surface area contributed by atoms with E-state index < -0.39 is 49.0 Å². The molecule has 4 rings (SSSR count). The fraction of sp³-hybridized carbons (Fsp3) is 0.541. The molecule has 1 fully saturated rings. The number of amides is 1. The first kappa shape index (κ1) is 40.1. The lowest BCUT2D eigenvalue weighted by molar-refractivity contribution is -0.143. The van der Waals surface area contributed by atoms with Crippen LogP contribution in [-0.2, 0) is 35.2 Å². The number of halogens is 6. The van der Waals surface area contributed by atoms with Gasteiger partial charge in [0.1, 0.15) is 12.4 Å². The zero-order chi connectivity index (χ0) is 38.0. The van der Waals surface area contributed by atoms with Crippen LogP contribution in [0.2, 0.25) is 18.1 Å². The lowest BCUT2D eigenvalue weighted by Crippen LogP contribution is -2.45. The minimum atomic E-state index is -5.02. The third kappa shape index (κ3) is 9.62. The average molecular weight is 740 g/mol. The molecule has 280 valence electrons. The van der Waals surface area contributed by atoms with Gasteiger partial charge in [-0.1, -0.05) is 63.9 Å². The standard InChI is InChI=1S/C37H47F6N3O4Si/c1-24(2)46(17-18-50-51(6,7)34(3,4)5)33(48)30-31(49-23-25-13-9-8-10-14-25)32(47)45-29(44-30)22-35(15-11-12-16-35)26-19-27(36(38,39)40)21-28(20-26)37(41,42)43/h8-10,13-14,19-21,24H,11-12,15-18,22-23H2,1-7H3,(H,44,45,47). The zero-order valence-electron chi connectivity index (χ0n) is 30.1. The van der Waals surface area contributed by atoms with Crippen molar-refractivity contribution in [1.82, 2.24) is 14.9 Å². The van der Waals surface area contributed by atoms with E-state index >= 15 is 0 Å². The molecular weight excluding hydrogens is 692 g/mol. The molecule has 0 saturated heterocycles. The van der Waals surface area contributed by atoms with E-state index in [1.54, 1.807) is 24.3 Å². The first-order chi connectivity index (χ1) is 23.5. The van der Waals surface area contributed by atoms with Crippen LogP contribution in [0.1, 0.15) is 98.9 Å². The number of hydrogen-bond donors (Lipinski definition) is 1. The molecule has 1 aliphatic rings. The van der Waals surface area contributed by atoms with E-state index in [4.69, 9.17) is 9.16 Å². The van der Waals surface area contributed by atoms with E-state index in [0.717, 1.165) is 17.7 Å². The van der Waals surface area contributed by atoms with Gasteiger partial charge in [0, 0.05) is 24.4 Å². The second kappa shape index (κ2) is 15.1. The summed E-state index contributed by atoms with van der Waals surface area (Å²) in [4.78, 5) is 24.6. The summed E-state index contributed by atoms with van der Waals surface area (Å²) in [5.41, 5.74) is -3.70. The SMILES string of the molecule is CC(C)N(CCO[Si](C)(C)C(C)(C)C)C(=O)c1nc(CC2(c3cc(C(F)(F)F)cc(C(F)(F)F)c3)CCCC2)nc(O)c1OCc1ccccc1. The third-order valence-corrected chi connectivity index (χ3v) is 14.6. The molecule has 0 radical (unpaired) electrons. The molecule has 1 heterocycles. The molecule has 51 heavy (non-hydrogen) atoms. The Morgan fingerprint density at radius 3 is 2.02 bits per heavy atom. The van der Waals surface area contributed by atoms with Crippen molar-refractivity contribution in [2.75, 3.05) is 13.2 Å². The van der Waals surface area contributed by atoms with Crippen LogP contribution in [0.15, 0.2) is 48.5 Å².